The Morgan fingerprint density at radius 1 is 1.58 bits per heavy atom. The van der Waals surface area contributed by atoms with Gasteiger partial charge in [0.25, 0.3) is 0 Å². The van der Waals surface area contributed by atoms with Gasteiger partial charge in [-0.05, 0) is 0 Å². The third-order valence-electron chi connectivity index (χ3n) is 1.25. The average Bonchev–Trinajstić information content (AvgIpc) is 2.64. The van der Waals surface area contributed by atoms with E-state index in [4.69, 9.17) is 4.43 Å². The van der Waals surface area contributed by atoms with Crippen molar-refractivity contribution in [2.75, 3.05) is 13.7 Å². The van der Waals surface area contributed by atoms with E-state index >= 15 is 0 Å². The molecule has 0 amide bonds. The first kappa shape index (κ1) is 16.3. The van der Waals surface area contributed by atoms with Gasteiger partial charge in [0.15, 0.2) is 0 Å². The van der Waals surface area contributed by atoms with Gasteiger partial charge in [0.1, 0.15) is 0 Å². The Morgan fingerprint density at radius 3 is 2.33 bits per heavy atom. The molecule has 3 N–H and O–H groups in total. The molecule has 1 rings (SSSR count). The molecule has 1 atom stereocenters. The Kier molecular flexibility index (Phi) is 11.2. The Hall–Kier alpha value is 1.88. The molecule has 0 aromatic carbocycles. The second-order valence-electron chi connectivity index (χ2n) is 2.65. The fraction of sp³-hybridized carbons (Fsp3) is 1.00. The Bertz CT molecular complexity index is 116. The second-order valence-corrected chi connectivity index (χ2v) is 11.6. The number of alkyl halides is 1. The predicted octanol–water partition coefficient (Wildman–Crippen LogP) is -1.73. The third-order valence-corrected chi connectivity index (χ3v) is 13.1. The zero-order valence-corrected chi connectivity index (χ0v) is 15.0. The number of nitrogens with two attached hydrogens (primary N) is 1. The Labute approximate surface area is 110 Å². The molecule has 3 nitrogen and oxygen atoms in total. The molecule has 0 aliphatic carbocycles. The molecule has 0 saturated carbocycles. The van der Waals surface area contributed by atoms with Gasteiger partial charge in [-0.25, -0.2) is 0 Å². The van der Waals surface area contributed by atoms with E-state index in [2.05, 4.69) is 19.2 Å². The maximum atomic E-state index is 5.47. The van der Waals surface area contributed by atoms with E-state index in [1.807, 2.05) is 7.11 Å². The maximum absolute atomic E-state index is 5.47. The minimum Gasteiger partial charge on any atom is -0.693 e. The van der Waals surface area contributed by atoms with Crippen molar-refractivity contribution in [3.63, 3.8) is 0 Å². The minimum absolute atomic E-state index is 0. The van der Waals surface area contributed by atoms with Gasteiger partial charge in [0.2, 0.25) is 0 Å². The molecule has 1 fully saturated rings. The van der Waals surface area contributed by atoms with Gasteiger partial charge < -0.3 is 6.15 Å². The van der Waals surface area contributed by atoms with Crippen LogP contribution in [0.25, 0.3) is 6.15 Å². The number of rotatable bonds is 4. The predicted molar refractivity (Wildman–Crippen MR) is 44.9 cm³/mol. The van der Waals surface area contributed by atoms with E-state index in [1.165, 1.54) is 6.54 Å². The summed E-state index contributed by atoms with van der Waals surface area (Å²) in [6, 6.07) is 0. The first-order chi connectivity index (χ1) is 4.74. The molecule has 0 bridgehead atoms. The third kappa shape index (κ3) is 6.35. The summed E-state index contributed by atoms with van der Waals surface area (Å²) in [4.78, 5) is 0. The van der Waals surface area contributed by atoms with Gasteiger partial charge in [-0.1, -0.05) is 0 Å². The van der Waals surface area contributed by atoms with E-state index in [1.54, 1.807) is 0 Å². The van der Waals surface area contributed by atoms with Gasteiger partial charge in [0, 0.05) is 31.1 Å². The van der Waals surface area contributed by atoms with Crippen LogP contribution in [0, 0.1) is 31.1 Å². The quantitative estimate of drug-likeness (QED) is 0.119. The fourth-order valence-electron chi connectivity index (χ4n) is 0.658. The summed E-state index contributed by atoms with van der Waals surface area (Å²) in [7, 11) is 1.87. The maximum Gasteiger partial charge on any atom is 0 e. The summed E-state index contributed by atoms with van der Waals surface area (Å²) in [5.74, 6) is 0. The summed E-state index contributed by atoms with van der Waals surface area (Å²) in [6.45, 7) is 5.43. The van der Waals surface area contributed by atoms with Crippen LogP contribution >= 0.6 is 0 Å². The van der Waals surface area contributed by atoms with Crippen LogP contribution in [0.5, 0.6) is 0 Å². The molecule has 73 valence electrons. The van der Waals surface area contributed by atoms with Crippen molar-refractivity contribution in [3.05, 3.63) is 6.15 Å². The van der Waals surface area contributed by atoms with Crippen molar-refractivity contribution in [1.82, 2.24) is 5.32 Å². The van der Waals surface area contributed by atoms with Crippen LogP contribution in [0.2, 0.25) is 5.54 Å². The van der Waals surface area contributed by atoms with Crippen molar-refractivity contribution >= 4 is 6.54 Å². The molecule has 1 radical (unpaired) electrons. The molecule has 1 aliphatic rings. The monoisotopic (exact) mass is 525 g/mol. The van der Waals surface area contributed by atoms with Crippen molar-refractivity contribution in [1.29, 1.82) is 0 Å². The number of halogens is 1. The van der Waals surface area contributed by atoms with Crippen LogP contribution in [-0.2, 0) is 4.43 Å². The standard InChI is InChI=1S/C6H14INOSi.H2N.U/c1-5(2)10(9-3)7-6-4-8-6;;/h5-6,8H,4H2,1-3H3;1H2;/q2*-1;. The molecule has 0 aromatic rings. The normalized spacial score (nSPS) is 20.6. The first-order valence-electron chi connectivity index (χ1n) is 3.51. The van der Waals surface area contributed by atoms with Crippen LogP contribution in [0.15, 0.2) is 0 Å². The van der Waals surface area contributed by atoms with Gasteiger partial charge in [0.05, 0.1) is 0 Å². The summed E-state index contributed by atoms with van der Waals surface area (Å²) < 4.78 is 6.37. The van der Waals surface area contributed by atoms with Gasteiger partial charge in [-0.2, -0.15) is 0 Å². The van der Waals surface area contributed by atoms with Crippen LogP contribution in [0.4, 0.5) is 0 Å². The minimum atomic E-state index is -0.391. The molecule has 6 heteroatoms. The summed E-state index contributed by atoms with van der Waals surface area (Å²) in [5.41, 5.74) is 0.796. The van der Waals surface area contributed by atoms with Crippen molar-refractivity contribution in [3.8, 4) is 0 Å². The van der Waals surface area contributed by atoms with E-state index in [0.717, 1.165) is 9.59 Å². The molecule has 0 spiro atoms. The van der Waals surface area contributed by atoms with Crippen LogP contribution < -0.4 is 25.7 Å². The summed E-state index contributed by atoms with van der Waals surface area (Å²) in [5, 5.41) is 3.35. The fourth-order valence-corrected chi connectivity index (χ4v) is 8.60. The number of hydrogen-bond donors (Lipinski definition) is 1. The summed E-state index contributed by atoms with van der Waals surface area (Å²) >= 11 is 0.339. The van der Waals surface area contributed by atoms with Crippen LogP contribution in [0.1, 0.15) is 13.8 Å². The van der Waals surface area contributed by atoms with Crippen molar-refractivity contribution < 1.29 is 56.0 Å². The van der Waals surface area contributed by atoms with E-state index < -0.39 is 6.54 Å². The van der Waals surface area contributed by atoms with Crippen molar-refractivity contribution in [2.24, 2.45) is 0 Å². The Balaban J connectivity index is 0. The largest absolute Gasteiger partial charge is 0.693 e. The molecule has 1 saturated heterocycles. The molecule has 1 unspecified atom stereocenters. The molecule has 12 heavy (non-hydrogen) atoms. The average molecular weight is 525 g/mol. The SMILES string of the molecule is CO[Si]([I-]C1CN1)C(C)C.[NH2-].[U]. The second kappa shape index (κ2) is 8.21. The van der Waals surface area contributed by atoms with E-state index in [-0.39, 0.29) is 37.3 Å². The molecule has 0 aromatic heterocycles. The molecular formula is C6H16IN2OSiU-2. The van der Waals surface area contributed by atoms with Crippen LogP contribution in [-0.4, -0.2) is 24.2 Å². The zero-order valence-electron chi connectivity index (χ0n) is 7.73. The topological polar surface area (TPSA) is 64.7 Å². The van der Waals surface area contributed by atoms with E-state index in [9.17, 15) is 0 Å². The molecule has 1 heterocycles. The van der Waals surface area contributed by atoms with E-state index in [0.29, 0.717) is 20.4 Å². The Morgan fingerprint density at radius 2 is 2.08 bits per heavy atom. The van der Waals surface area contributed by atoms with Crippen LogP contribution in [0.3, 0.4) is 0 Å². The van der Waals surface area contributed by atoms with Gasteiger partial charge in [-0.3, -0.25) is 0 Å². The molecule has 1 aliphatic heterocycles. The summed E-state index contributed by atoms with van der Waals surface area (Å²) in [6.07, 6.45) is 0. The first-order valence-corrected chi connectivity index (χ1v) is 9.36. The smallest absolute Gasteiger partial charge is 0 e. The molecular weight excluding hydrogens is 509 g/mol. The van der Waals surface area contributed by atoms with Gasteiger partial charge >= 0.3 is 73.8 Å². The number of hydrogen-bond acceptors (Lipinski definition) is 2. The van der Waals surface area contributed by atoms with Gasteiger partial charge in [-0.15, -0.1) is 0 Å². The van der Waals surface area contributed by atoms with Crippen molar-refractivity contribution in [2.45, 2.75) is 23.4 Å². The zero-order chi connectivity index (χ0) is 7.56. The number of nitrogens with one attached hydrogen (secondary N) is 1.